The van der Waals surface area contributed by atoms with Crippen LogP contribution >= 0.6 is 0 Å². The van der Waals surface area contributed by atoms with E-state index in [0.717, 1.165) is 22.0 Å². The number of benzene rings is 2. The van der Waals surface area contributed by atoms with Crippen molar-refractivity contribution in [2.24, 2.45) is 5.73 Å². The summed E-state index contributed by atoms with van der Waals surface area (Å²) in [4.78, 5) is 4.46. The third kappa shape index (κ3) is 2.85. The molecule has 1 heterocycles. The summed E-state index contributed by atoms with van der Waals surface area (Å²) in [6.45, 7) is 4.64. The van der Waals surface area contributed by atoms with Gasteiger partial charge in [0.25, 0.3) is 0 Å². The van der Waals surface area contributed by atoms with Gasteiger partial charge >= 0.3 is 0 Å². The van der Waals surface area contributed by atoms with Crippen molar-refractivity contribution in [2.75, 3.05) is 7.11 Å². The Hall–Kier alpha value is -2.46. The van der Waals surface area contributed by atoms with Crippen molar-refractivity contribution >= 4 is 10.8 Å². The number of fused-ring (bicyclic) bond motifs is 1. The molecule has 0 saturated heterocycles. The molecule has 3 nitrogen and oxygen atoms in total. The number of halogens is 1. The molecule has 0 radical (unpaired) electrons. The van der Waals surface area contributed by atoms with Crippen LogP contribution in [0.15, 0.2) is 42.6 Å². The minimum Gasteiger partial charge on any atom is -0.497 e. The number of nitrogens with zero attached hydrogens (tertiary/aromatic N) is 1. The first-order valence-corrected chi connectivity index (χ1v) is 8.00. The molecule has 3 aromatic rings. The molecule has 0 amide bonds. The van der Waals surface area contributed by atoms with Gasteiger partial charge in [0.1, 0.15) is 11.6 Å². The van der Waals surface area contributed by atoms with Crippen LogP contribution in [0.2, 0.25) is 0 Å². The average Bonchev–Trinajstić information content (AvgIpc) is 2.60. The van der Waals surface area contributed by atoms with Crippen LogP contribution in [-0.4, -0.2) is 12.1 Å². The molecule has 0 aliphatic rings. The second kappa shape index (κ2) is 6.57. The van der Waals surface area contributed by atoms with Gasteiger partial charge in [0.15, 0.2) is 0 Å². The van der Waals surface area contributed by atoms with Gasteiger partial charge in [-0.1, -0.05) is 26.0 Å². The lowest BCUT2D eigenvalue weighted by atomic mass is 9.94. The monoisotopic (exact) mass is 324 g/mol. The maximum absolute atomic E-state index is 14.5. The predicted octanol–water partition coefficient (Wildman–Crippen LogP) is 4.63. The zero-order valence-electron chi connectivity index (χ0n) is 14.1. The zero-order chi connectivity index (χ0) is 17.3. The van der Waals surface area contributed by atoms with Gasteiger partial charge in [-0.25, -0.2) is 4.39 Å². The minimum atomic E-state index is -0.328. The average molecular weight is 324 g/mol. The van der Waals surface area contributed by atoms with Crippen LogP contribution in [0.25, 0.3) is 21.9 Å². The Morgan fingerprint density at radius 3 is 2.50 bits per heavy atom. The lowest BCUT2D eigenvalue weighted by Crippen LogP contribution is -2.02. The smallest absolute Gasteiger partial charge is 0.134 e. The highest BCUT2D eigenvalue weighted by molar-refractivity contribution is 5.98. The van der Waals surface area contributed by atoms with E-state index in [4.69, 9.17) is 10.5 Å². The second-order valence-corrected chi connectivity index (χ2v) is 6.13. The highest BCUT2D eigenvalue weighted by Gasteiger charge is 2.14. The maximum Gasteiger partial charge on any atom is 0.134 e. The molecule has 124 valence electrons. The lowest BCUT2D eigenvalue weighted by molar-refractivity contribution is 0.411. The molecule has 0 fully saturated rings. The quantitative estimate of drug-likeness (QED) is 0.761. The van der Waals surface area contributed by atoms with E-state index >= 15 is 0 Å². The van der Waals surface area contributed by atoms with Gasteiger partial charge in [-0.15, -0.1) is 0 Å². The van der Waals surface area contributed by atoms with Gasteiger partial charge in [0.2, 0.25) is 0 Å². The number of rotatable bonds is 4. The van der Waals surface area contributed by atoms with Crippen LogP contribution < -0.4 is 10.5 Å². The number of hydrogen-bond donors (Lipinski definition) is 1. The number of hydrogen-bond acceptors (Lipinski definition) is 3. The summed E-state index contributed by atoms with van der Waals surface area (Å²) in [5.41, 5.74) is 9.15. The fourth-order valence-corrected chi connectivity index (χ4v) is 2.89. The molecular weight excluding hydrogens is 303 g/mol. The lowest BCUT2D eigenvalue weighted by Gasteiger charge is -2.14. The highest BCUT2D eigenvalue weighted by atomic mass is 19.1. The van der Waals surface area contributed by atoms with Gasteiger partial charge in [0.05, 0.1) is 12.8 Å². The number of aromatic nitrogens is 1. The largest absolute Gasteiger partial charge is 0.497 e. The summed E-state index contributed by atoms with van der Waals surface area (Å²) in [5, 5.41) is 1.94. The Balaban J connectivity index is 2.26. The molecule has 0 spiro atoms. The Kier molecular flexibility index (Phi) is 4.49. The fourth-order valence-electron chi connectivity index (χ4n) is 2.89. The number of pyridine rings is 1. The van der Waals surface area contributed by atoms with Crippen LogP contribution in [0.3, 0.4) is 0 Å². The molecular formula is C20H21FN2O. The van der Waals surface area contributed by atoms with Crippen LogP contribution in [0, 0.1) is 5.82 Å². The molecule has 24 heavy (non-hydrogen) atoms. The molecule has 0 bridgehead atoms. The number of nitrogens with two attached hydrogens (primary N) is 1. The van der Waals surface area contributed by atoms with E-state index in [0.29, 0.717) is 23.8 Å². The van der Waals surface area contributed by atoms with Crippen molar-refractivity contribution in [1.82, 2.24) is 4.98 Å². The van der Waals surface area contributed by atoms with E-state index in [1.807, 2.05) is 6.07 Å². The molecule has 2 aromatic carbocycles. The third-order valence-corrected chi connectivity index (χ3v) is 4.32. The van der Waals surface area contributed by atoms with Crippen molar-refractivity contribution in [3.63, 3.8) is 0 Å². The van der Waals surface area contributed by atoms with E-state index < -0.39 is 0 Å². The van der Waals surface area contributed by atoms with Crippen molar-refractivity contribution in [1.29, 1.82) is 0 Å². The molecule has 3 rings (SSSR count). The SMILES string of the molecule is COc1ccc(-c2cnc(CN)c3cc(C(C)C)ccc23)c(F)c1. The number of methoxy groups -OCH3 is 1. The summed E-state index contributed by atoms with van der Waals surface area (Å²) >= 11 is 0. The maximum atomic E-state index is 14.5. The van der Waals surface area contributed by atoms with Gasteiger partial charge in [-0.3, -0.25) is 4.98 Å². The first-order valence-electron chi connectivity index (χ1n) is 8.00. The number of ether oxygens (including phenoxy) is 1. The summed E-state index contributed by atoms with van der Waals surface area (Å²) in [7, 11) is 1.52. The van der Waals surface area contributed by atoms with Crippen molar-refractivity contribution < 1.29 is 9.13 Å². The minimum absolute atomic E-state index is 0.328. The second-order valence-electron chi connectivity index (χ2n) is 6.13. The molecule has 2 N–H and O–H groups in total. The Labute approximate surface area is 141 Å². The predicted molar refractivity (Wildman–Crippen MR) is 95.7 cm³/mol. The molecule has 4 heteroatoms. The van der Waals surface area contributed by atoms with Gasteiger partial charge in [0, 0.05) is 35.3 Å². The molecule has 0 aliphatic heterocycles. The van der Waals surface area contributed by atoms with E-state index in [1.54, 1.807) is 18.3 Å². The van der Waals surface area contributed by atoms with Gasteiger partial charge in [-0.2, -0.15) is 0 Å². The van der Waals surface area contributed by atoms with Crippen molar-refractivity contribution in [2.45, 2.75) is 26.3 Å². The first-order chi connectivity index (χ1) is 11.5. The van der Waals surface area contributed by atoms with Crippen LogP contribution in [0.4, 0.5) is 4.39 Å². The highest BCUT2D eigenvalue weighted by Crippen LogP contribution is 2.34. The topological polar surface area (TPSA) is 48.1 Å². The summed E-state index contributed by atoms with van der Waals surface area (Å²) < 4.78 is 19.6. The summed E-state index contributed by atoms with van der Waals surface area (Å²) in [6, 6.07) is 11.1. The molecule has 0 aliphatic carbocycles. The molecule has 0 unspecified atom stereocenters. The van der Waals surface area contributed by atoms with Crippen LogP contribution in [0.1, 0.15) is 31.0 Å². The van der Waals surface area contributed by atoms with Crippen molar-refractivity contribution in [3.05, 3.63) is 59.7 Å². The van der Waals surface area contributed by atoms with E-state index in [-0.39, 0.29) is 5.82 Å². The molecule has 0 atom stereocenters. The summed E-state index contributed by atoms with van der Waals surface area (Å²) in [6.07, 6.45) is 1.70. The zero-order valence-corrected chi connectivity index (χ0v) is 14.1. The van der Waals surface area contributed by atoms with Crippen LogP contribution in [0.5, 0.6) is 5.75 Å². The van der Waals surface area contributed by atoms with E-state index in [1.165, 1.54) is 18.7 Å². The molecule has 0 saturated carbocycles. The van der Waals surface area contributed by atoms with Crippen molar-refractivity contribution in [3.8, 4) is 16.9 Å². The Bertz CT molecular complexity index is 890. The van der Waals surface area contributed by atoms with Gasteiger partial charge in [-0.05, 0) is 35.1 Å². The van der Waals surface area contributed by atoms with Crippen LogP contribution in [-0.2, 0) is 6.54 Å². The van der Waals surface area contributed by atoms with E-state index in [9.17, 15) is 4.39 Å². The Morgan fingerprint density at radius 2 is 1.88 bits per heavy atom. The normalized spacial score (nSPS) is 11.2. The summed E-state index contributed by atoms with van der Waals surface area (Å²) in [5.74, 6) is 0.571. The third-order valence-electron chi connectivity index (χ3n) is 4.32. The molecule has 1 aromatic heterocycles. The van der Waals surface area contributed by atoms with Gasteiger partial charge < -0.3 is 10.5 Å². The van der Waals surface area contributed by atoms with E-state index in [2.05, 4.69) is 31.0 Å². The standard InChI is InChI=1S/C20H21FN2O/c1-12(2)13-4-6-15-17(8-13)20(10-22)23-11-18(15)16-7-5-14(24-3)9-19(16)21/h4-9,11-12H,10,22H2,1-3H3. The fraction of sp³-hybridized carbons (Fsp3) is 0.250. The Morgan fingerprint density at radius 1 is 1.08 bits per heavy atom. The first kappa shape index (κ1) is 16.4.